The molecule has 20 heavy (non-hydrogen) atoms. The molecule has 1 N–H and O–H groups in total. The van der Waals surface area contributed by atoms with Gasteiger partial charge >= 0.3 is 0 Å². The van der Waals surface area contributed by atoms with Crippen LogP contribution >= 0.6 is 0 Å². The molecule has 0 saturated carbocycles. The lowest BCUT2D eigenvalue weighted by Crippen LogP contribution is -2.36. The largest absolute Gasteiger partial charge is 0.494 e. The molecule has 1 rings (SSSR count). The van der Waals surface area contributed by atoms with Gasteiger partial charge in [-0.2, -0.15) is 0 Å². The van der Waals surface area contributed by atoms with Gasteiger partial charge in [0.25, 0.3) is 0 Å². The molecule has 1 unspecified atom stereocenters. The average molecular weight is 283 g/mol. The van der Waals surface area contributed by atoms with E-state index in [-0.39, 0.29) is 17.6 Å². The van der Waals surface area contributed by atoms with E-state index in [1.54, 1.807) is 12.1 Å². The Morgan fingerprint density at radius 3 is 2.65 bits per heavy atom. The van der Waals surface area contributed by atoms with Gasteiger partial charge in [0.1, 0.15) is 0 Å². The minimum atomic E-state index is -0.311. The van der Waals surface area contributed by atoms with Crippen LogP contribution in [0.4, 0.5) is 4.39 Å². The average Bonchev–Trinajstić information content (AvgIpc) is 2.45. The van der Waals surface area contributed by atoms with Crippen LogP contribution in [0.1, 0.15) is 32.3 Å². The van der Waals surface area contributed by atoms with Gasteiger partial charge in [0, 0.05) is 12.6 Å². The molecule has 0 spiro atoms. The van der Waals surface area contributed by atoms with Crippen molar-refractivity contribution in [3.8, 4) is 5.75 Å². The summed E-state index contributed by atoms with van der Waals surface area (Å²) in [5.41, 5.74) is 0.956. The molecule has 0 bridgehead atoms. The van der Waals surface area contributed by atoms with E-state index in [9.17, 15) is 4.39 Å². The van der Waals surface area contributed by atoms with Crippen LogP contribution in [0.2, 0.25) is 0 Å². The molecule has 0 radical (unpaired) electrons. The maximum Gasteiger partial charge on any atom is 0.165 e. The molecular weight excluding hydrogens is 257 g/mol. The summed E-state index contributed by atoms with van der Waals surface area (Å²) in [6.45, 7) is 6.58. The highest BCUT2D eigenvalue weighted by Crippen LogP contribution is 2.18. The molecule has 1 atom stereocenters. The Balaban J connectivity index is 2.60. The molecule has 0 aromatic heterocycles. The normalized spacial score (nSPS) is 12.4. The topological polar surface area (TPSA) is 30.5 Å². The summed E-state index contributed by atoms with van der Waals surface area (Å²) < 4.78 is 24.2. The first-order valence-electron chi connectivity index (χ1n) is 7.34. The van der Waals surface area contributed by atoms with Gasteiger partial charge in [-0.25, -0.2) is 4.39 Å². The Morgan fingerprint density at radius 1 is 1.25 bits per heavy atom. The fourth-order valence-corrected chi connectivity index (χ4v) is 2.03. The van der Waals surface area contributed by atoms with Gasteiger partial charge in [0.2, 0.25) is 0 Å². The highest BCUT2D eigenvalue weighted by atomic mass is 19.1. The Labute approximate surface area is 121 Å². The van der Waals surface area contributed by atoms with E-state index >= 15 is 0 Å². The highest BCUT2D eigenvalue weighted by Gasteiger charge is 2.11. The molecule has 4 heteroatoms. The van der Waals surface area contributed by atoms with Gasteiger partial charge < -0.3 is 14.8 Å². The predicted molar refractivity (Wildman–Crippen MR) is 79.8 cm³/mol. The quantitative estimate of drug-likeness (QED) is 0.669. The monoisotopic (exact) mass is 283 g/mol. The van der Waals surface area contributed by atoms with Crippen LogP contribution in [0.15, 0.2) is 18.2 Å². The molecular formula is C16H26FNO2. The molecule has 0 aliphatic carbocycles. The summed E-state index contributed by atoms with van der Waals surface area (Å²) in [5.74, 6) is -0.0252. The SMILES string of the molecule is CCCNC(COCCC)Cc1ccc(OC)c(F)c1. The van der Waals surface area contributed by atoms with Crippen LogP contribution in [-0.2, 0) is 11.2 Å². The number of methoxy groups -OCH3 is 1. The molecule has 0 aliphatic heterocycles. The second kappa shape index (κ2) is 9.72. The molecule has 0 amide bonds. The predicted octanol–water partition coefficient (Wildman–Crippen LogP) is 3.17. The third-order valence-corrected chi connectivity index (χ3v) is 3.05. The van der Waals surface area contributed by atoms with Gasteiger partial charge in [0.15, 0.2) is 11.6 Å². The van der Waals surface area contributed by atoms with Crippen molar-refractivity contribution in [2.45, 2.75) is 39.2 Å². The number of hydrogen-bond acceptors (Lipinski definition) is 3. The van der Waals surface area contributed by atoms with Crippen molar-refractivity contribution >= 4 is 0 Å². The van der Waals surface area contributed by atoms with E-state index < -0.39 is 0 Å². The van der Waals surface area contributed by atoms with E-state index in [1.165, 1.54) is 7.11 Å². The second-order valence-electron chi connectivity index (χ2n) is 4.90. The van der Waals surface area contributed by atoms with E-state index in [0.717, 1.165) is 38.0 Å². The Kier molecular flexibility index (Phi) is 8.23. The van der Waals surface area contributed by atoms with Gasteiger partial charge in [-0.15, -0.1) is 0 Å². The number of hydrogen-bond donors (Lipinski definition) is 1. The van der Waals surface area contributed by atoms with Crippen LogP contribution in [0.25, 0.3) is 0 Å². The maximum atomic E-state index is 13.7. The van der Waals surface area contributed by atoms with Crippen molar-refractivity contribution in [3.05, 3.63) is 29.6 Å². The van der Waals surface area contributed by atoms with Gasteiger partial charge in [0.05, 0.1) is 13.7 Å². The Morgan fingerprint density at radius 2 is 2.05 bits per heavy atom. The van der Waals surface area contributed by atoms with Crippen molar-refractivity contribution in [1.29, 1.82) is 0 Å². The second-order valence-corrected chi connectivity index (χ2v) is 4.90. The van der Waals surface area contributed by atoms with Crippen LogP contribution in [0.3, 0.4) is 0 Å². The fraction of sp³-hybridized carbons (Fsp3) is 0.625. The zero-order valence-electron chi connectivity index (χ0n) is 12.7. The summed E-state index contributed by atoms with van der Waals surface area (Å²) in [7, 11) is 1.47. The zero-order chi connectivity index (χ0) is 14.8. The zero-order valence-corrected chi connectivity index (χ0v) is 12.7. The van der Waals surface area contributed by atoms with Crippen LogP contribution in [0, 0.1) is 5.82 Å². The van der Waals surface area contributed by atoms with Crippen molar-refractivity contribution in [2.24, 2.45) is 0 Å². The van der Waals surface area contributed by atoms with E-state index in [4.69, 9.17) is 9.47 Å². The molecule has 3 nitrogen and oxygen atoms in total. The van der Waals surface area contributed by atoms with Crippen molar-refractivity contribution in [3.63, 3.8) is 0 Å². The summed E-state index contributed by atoms with van der Waals surface area (Å²) in [4.78, 5) is 0. The van der Waals surface area contributed by atoms with Crippen molar-refractivity contribution in [1.82, 2.24) is 5.32 Å². The van der Waals surface area contributed by atoms with Gasteiger partial charge in [-0.1, -0.05) is 19.9 Å². The van der Waals surface area contributed by atoms with Crippen molar-refractivity contribution in [2.75, 3.05) is 26.9 Å². The van der Waals surface area contributed by atoms with E-state index in [1.807, 2.05) is 6.07 Å². The van der Waals surface area contributed by atoms with Crippen LogP contribution in [-0.4, -0.2) is 32.9 Å². The number of benzene rings is 1. The third-order valence-electron chi connectivity index (χ3n) is 3.05. The summed E-state index contributed by atoms with van der Waals surface area (Å²) in [6.07, 6.45) is 2.84. The van der Waals surface area contributed by atoms with E-state index in [0.29, 0.717) is 6.61 Å². The van der Waals surface area contributed by atoms with Gasteiger partial charge in [-0.05, 0) is 43.5 Å². The highest BCUT2D eigenvalue weighted by molar-refractivity contribution is 5.29. The molecule has 114 valence electrons. The summed E-state index contributed by atoms with van der Waals surface area (Å²) in [5, 5.41) is 3.45. The summed E-state index contributed by atoms with van der Waals surface area (Å²) >= 11 is 0. The maximum absolute atomic E-state index is 13.7. The number of nitrogens with one attached hydrogen (secondary N) is 1. The summed E-state index contributed by atoms with van der Waals surface area (Å²) in [6, 6.07) is 5.34. The molecule has 0 aliphatic rings. The lowest BCUT2D eigenvalue weighted by atomic mass is 10.1. The number of rotatable bonds is 10. The molecule has 1 aromatic rings. The smallest absolute Gasteiger partial charge is 0.165 e. The first-order valence-corrected chi connectivity index (χ1v) is 7.34. The number of halogens is 1. The molecule has 0 saturated heterocycles. The lowest BCUT2D eigenvalue weighted by Gasteiger charge is -2.19. The molecule has 1 aromatic carbocycles. The minimum absolute atomic E-state index is 0.217. The minimum Gasteiger partial charge on any atom is -0.494 e. The first-order chi connectivity index (χ1) is 9.71. The van der Waals surface area contributed by atoms with Crippen LogP contribution < -0.4 is 10.1 Å². The molecule has 0 heterocycles. The van der Waals surface area contributed by atoms with E-state index in [2.05, 4.69) is 19.2 Å². The Bertz CT molecular complexity index is 385. The third kappa shape index (κ3) is 5.88. The Hall–Kier alpha value is -1.13. The standard InChI is InChI=1S/C16H26FNO2/c1-4-8-18-14(12-20-9-5-2)10-13-6-7-16(19-3)15(17)11-13/h6-7,11,14,18H,4-5,8-10,12H2,1-3H3. The number of ether oxygens (including phenoxy) is 2. The first kappa shape index (κ1) is 16.9. The lowest BCUT2D eigenvalue weighted by molar-refractivity contribution is 0.111. The van der Waals surface area contributed by atoms with Gasteiger partial charge in [-0.3, -0.25) is 0 Å². The molecule has 0 fully saturated rings. The van der Waals surface area contributed by atoms with Crippen molar-refractivity contribution < 1.29 is 13.9 Å². The van der Waals surface area contributed by atoms with Crippen LogP contribution in [0.5, 0.6) is 5.75 Å². The fourth-order valence-electron chi connectivity index (χ4n) is 2.03.